The Kier molecular flexibility index (Phi) is 6.30. The molecule has 0 unspecified atom stereocenters. The van der Waals surface area contributed by atoms with E-state index in [0.29, 0.717) is 17.3 Å². The lowest BCUT2D eigenvalue weighted by molar-refractivity contribution is 0.590. The van der Waals surface area contributed by atoms with E-state index in [1.165, 1.54) is 10.1 Å². The van der Waals surface area contributed by atoms with Crippen LogP contribution in [0.4, 0.5) is 17.3 Å². The summed E-state index contributed by atoms with van der Waals surface area (Å²) in [5.74, 6) is 1.17. The Morgan fingerprint density at radius 1 is 1.11 bits per heavy atom. The van der Waals surface area contributed by atoms with Crippen molar-refractivity contribution in [2.75, 3.05) is 5.32 Å². The van der Waals surface area contributed by atoms with Crippen LogP contribution in [0.25, 0.3) is 11.3 Å². The highest BCUT2D eigenvalue weighted by atomic mass is 16.1. The van der Waals surface area contributed by atoms with E-state index in [-0.39, 0.29) is 16.8 Å². The molecule has 2 aromatic heterocycles. The zero-order valence-electron chi connectivity index (χ0n) is 21.0. The highest BCUT2D eigenvalue weighted by molar-refractivity contribution is 5.99. The minimum Gasteiger partial charge on any atom is -0.383 e. The lowest BCUT2D eigenvalue weighted by Crippen LogP contribution is -2.21. The normalized spacial score (nSPS) is 12.1. The van der Waals surface area contributed by atoms with Gasteiger partial charge in [-0.25, -0.2) is 9.98 Å². The molecule has 8 nitrogen and oxygen atoms in total. The van der Waals surface area contributed by atoms with Gasteiger partial charge in [0.05, 0.1) is 11.4 Å². The van der Waals surface area contributed by atoms with Gasteiger partial charge in [0.2, 0.25) is 0 Å². The average molecular weight is 470 g/mol. The molecule has 0 saturated carbocycles. The first kappa shape index (κ1) is 23.9. The van der Waals surface area contributed by atoms with E-state index in [2.05, 4.69) is 53.4 Å². The van der Waals surface area contributed by atoms with Crippen molar-refractivity contribution in [3.05, 3.63) is 87.5 Å². The molecular formula is C27H31N7O. The Balaban J connectivity index is 1.69. The summed E-state index contributed by atoms with van der Waals surface area (Å²) in [6.07, 6.45) is 1.72. The van der Waals surface area contributed by atoms with Gasteiger partial charge in [-0.2, -0.15) is 5.10 Å². The fourth-order valence-electron chi connectivity index (χ4n) is 3.78. The quantitative estimate of drug-likeness (QED) is 0.285. The number of benzene rings is 2. The highest BCUT2D eigenvalue weighted by Gasteiger charge is 2.15. The van der Waals surface area contributed by atoms with Gasteiger partial charge in [-0.3, -0.25) is 9.89 Å². The maximum absolute atomic E-state index is 12.7. The Labute approximate surface area is 205 Å². The SMILES string of the molecule is Cc1cc(Nc2nc(-c3cccc(N=C(N)c4ccc(C(C)(C)C)cc4)c3C)cn(C)c2=O)n[nH]1. The molecule has 2 aromatic carbocycles. The van der Waals surface area contributed by atoms with Crippen LogP contribution in [0.15, 0.2) is 64.5 Å². The van der Waals surface area contributed by atoms with Crippen molar-refractivity contribution in [2.24, 2.45) is 17.8 Å². The van der Waals surface area contributed by atoms with Gasteiger partial charge in [0.1, 0.15) is 5.84 Å². The van der Waals surface area contributed by atoms with Crippen molar-refractivity contribution in [1.82, 2.24) is 19.7 Å². The fraction of sp³-hybridized carbons (Fsp3) is 0.259. The van der Waals surface area contributed by atoms with Gasteiger partial charge in [-0.15, -0.1) is 0 Å². The zero-order chi connectivity index (χ0) is 25.3. The van der Waals surface area contributed by atoms with Crippen LogP contribution in [0.2, 0.25) is 0 Å². The number of nitrogens with zero attached hydrogens (tertiary/aromatic N) is 4. The predicted molar refractivity (Wildman–Crippen MR) is 142 cm³/mol. The second kappa shape index (κ2) is 9.21. The third-order valence-corrected chi connectivity index (χ3v) is 5.89. The first-order valence-electron chi connectivity index (χ1n) is 11.4. The number of H-pyrrole nitrogens is 1. The van der Waals surface area contributed by atoms with Crippen molar-refractivity contribution >= 4 is 23.2 Å². The largest absolute Gasteiger partial charge is 0.383 e. The standard InChI is InChI=1S/C27H31N7O/c1-16-14-23(33-32-16)31-25-26(35)34(6)15-22(30-25)20-8-7-9-21(17(20)2)29-24(28)18-10-12-19(13-11-18)27(3,4)5/h7-15H,1-6H3,(H2,28,29)(H2,30,31,32,33). The van der Waals surface area contributed by atoms with E-state index in [1.54, 1.807) is 13.2 Å². The van der Waals surface area contributed by atoms with Crippen molar-refractivity contribution < 1.29 is 0 Å². The number of rotatable bonds is 5. The van der Waals surface area contributed by atoms with Crippen LogP contribution in [0.3, 0.4) is 0 Å². The number of aromatic nitrogens is 4. The molecule has 0 bridgehead atoms. The number of hydrogen-bond donors (Lipinski definition) is 3. The molecular weight excluding hydrogens is 438 g/mol. The Bertz CT molecular complexity index is 1450. The van der Waals surface area contributed by atoms with Crippen LogP contribution in [-0.4, -0.2) is 25.6 Å². The summed E-state index contributed by atoms with van der Waals surface area (Å²) in [5, 5.41) is 10.0. The highest BCUT2D eigenvalue weighted by Crippen LogP contribution is 2.30. The van der Waals surface area contributed by atoms with Gasteiger partial charge in [0.15, 0.2) is 11.6 Å². The maximum atomic E-state index is 12.7. The first-order chi connectivity index (χ1) is 16.5. The van der Waals surface area contributed by atoms with Crippen molar-refractivity contribution in [3.8, 4) is 11.3 Å². The molecule has 0 aliphatic rings. The second-order valence-corrected chi connectivity index (χ2v) is 9.73. The lowest BCUT2D eigenvalue weighted by atomic mass is 9.86. The molecule has 0 fully saturated rings. The van der Waals surface area contributed by atoms with Crippen LogP contribution in [0.1, 0.15) is 43.2 Å². The summed E-state index contributed by atoms with van der Waals surface area (Å²) in [7, 11) is 1.70. The Morgan fingerprint density at radius 2 is 1.83 bits per heavy atom. The third-order valence-electron chi connectivity index (χ3n) is 5.89. The number of amidine groups is 1. The summed E-state index contributed by atoms with van der Waals surface area (Å²) in [4.78, 5) is 22.0. The van der Waals surface area contributed by atoms with Crippen LogP contribution >= 0.6 is 0 Å². The molecule has 0 saturated heterocycles. The van der Waals surface area contributed by atoms with Gasteiger partial charge >= 0.3 is 0 Å². The first-order valence-corrected chi connectivity index (χ1v) is 11.4. The number of aromatic amines is 1. The average Bonchev–Trinajstić information content (AvgIpc) is 3.22. The molecule has 35 heavy (non-hydrogen) atoms. The Hall–Kier alpha value is -4.20. The lowest BCUT2D eigenvalue weighted by Gasteiger charge is -2.19. The van der Waals surface area contributed by atoms with Crippen molar-refractivity contribution in [1.29, 1.82) is 0 Å². The summed E-state index contributed by atoms with van der Waals surface area (Å²) in [5.41, 5.74) is 12.3. The van der Waals surface area contributed by atoms with Crippen molar-refractivity contribution in [3.63, 3.8) is 0 Å². The van der Waals surface area contributed by atoms with E-state index in [9.17, 15) is 4.79 Å². The summed E-state index contributed by atoms with van der Waals surface area (Å²) >= 11 is 0. The van der Waals surface area contributed by atoms with Crippen LogP contribution in [-0.2, 0) is 12.5 Å². The van der Waals surface area contributed by atoms with Gasteiger partial charge in [0, 0.05) is 36.1 Å². The Morgan fingerprint density at radius 3 is 2.46 bits per heavy atom. The van der Waals surface area contributed by atoms with E-state index < -0.39 is 0 Å². The minimum absolute atomic E-state index is 0.0713. The van der Waals surface area contributed by atoms with E-state index in [0.717, 1.165) is 28.1 Å². The smallest absolute Gasteiger partial charge is 0.293 e. The molecule has 4 rings (SSSR count). The number of aliphatic imine (C=N–C) groups is 1. The maximum Gasteiger partial charge on any atom is 0.293 e. The van der Waals surface area contributed by atoms with E-state index in [1.807, 2.05) is 50.2 Å². The van der Waals surface area contributed by atoms with E-state index >= 15 is 0 Å². The number of nitrogens with two attached hydrogens (primary N) is 1. The monoisotopic (exact) mass is 469 g/mol. The third kappa shape index (κ3) is 5.16. The minimum atomic E-state index is -0.246. The topological polar surface area (TPSA) is 114 Å². The molecule has 0 amide bonds. The number of anilines is 2. The molecule has 0 aliphatic heterocycles. The van der Waals surface area contributed by atoms with Crippen LogP contribution in [0.5, 0.6) is 0 Å². The number of nitrogens with one attached hydrogen (secondary N) is 2. The summed E-state index contributed by atoms with van der Waals surface area (Å²) < 4.78 is 1.50. The number of hydrogen-bond acceptors (Lipinski definition) is 5. The van der Waals surface area contributed by atoms with E-state index in [4.69, 9.17) is 10.7 Å². The van der Waals surface area contributed by atoms with Gasteiger partial charge in [-0.1, -0.05) is 57.2 Å². The van der Waals surface area contributed by atoms with Crippen LogP contribution < -0.4 is 16.6 Å². The molecule has 4 N–H and O–H groups in total. The molecule has 4 aromatic rings. The molecule has 0 radical (unpaired) electrons. The summed E-state index contributed by atoms with van der Waals surface area (Å²) in [6, 6.07) is 15.8. The summed E-state index contributed by atoms with van der Waals surface area (Å²) in [6.45, 7) is 10.4. The van der Waals surface area contributed by atoms with Gasteiger partial charge < -0.3 is 15.6 Å². The molecule has 180 valence electrons. The predicted octanol–water partition coefficient (Wildman–Crippen LogP) is 4.87. The zero-order valence-corrected chi connectivity index (χ0v) is 21.0. The number of aryl methyl sites for hydroxylation is 2. The van der Waals surface area contributed by atoms with Crippen LogP contribution in [0, 0.1) is 13.8 Å². The fourth-order valence-corrected chi connectivity index (χ4v) is 3.78. The van der Waals surface area contributed by atoms with Gasteiger partial charge in [-0.05, 0) is 36.5 Å². The molecule has 2 heterocycles. The molecule has 0 atom stereocenters. The van der Waals surface area contributed by atoms with Crippen molar-refractivity contribution in [2.45, 2.75) is 40.0 Å². The second-order valence-electron chi connectivity index (χ2n) is 9.73. The molecule has 8 heteroatoms. The molecule has 0 spiro atoms. The van der Waals surface area contributed by atoms with Gasteiger partial charge in [0.25, 0.3) is 5.56 Å². The molecule has 0 aliphatic carbocycles.